The van der Waals surface area contributed by atoms with Crippen LogP contribution in [0.15, 0.2) is 41.6 Å². The number of esters is 1. The third kappa shape index (κ3) is 8.37. The Morgan fingerprint density at radius 1 is 1.11 bits per heavy atom. The van der Waals surface area contributed by atoms with Crippen molar-refractivity contribution in [3.63, 3.8) is 0 Å². The molecule has 3 rings (SSSR count). The Balaban J connectivity index is 1.84. The summed E-state index contributed by atoms with van der Waals surface area (Å²) in [5.74, 6) is -0.312. The van der Waals surface area contributed by atoms with Crippen molar-refractivity contribution in [2.45, 2.75) is 84.7 Å². The number of rotatable bonds is 5. The van der Waals surface area contributed by atoms with Crippen molar-refractivity contribution in [2.75, 3.05) is 19.7 Å². The number of allylic oxidation sites excluding steroid dienone is 3. The number of benzene rings is 1. The molecular weight excluding hydrogens is 440 g/mol. The van der Waals surface area contributed by atoms with E-state index in [2.05, 4.69) is 30.3 Å². The van der Waals surface area contributed by atoms with Crippen LogP contribution in [0.1, 0.15) is 85.3 Å². The molecule has 2 heterocycles. The van der Waals surface area contributed by atoms with Crippen LogP contribution in [-0.2, 0) is 20.8 Å². The lowest BCUT2D eigenvalue weighted by Crippen LogP contribution is -2.37. The van der Waals surface area contributed by atoms with Crippen molar-refractivity contribution < 1.29 is 19.2 Å². The average Bonchev–Trinajstić information content (AvgIpc) is 2.82. The number of likely N-dealkylation sites (tertiary alicyclic amines) is 1. The van der Waals surface area contributed by atoms with Gasteiger partial charge in [0, 0.05) is 25.9 Å². The van der Waals surface area contributed by atoms with Crippen LogP contribution in [0.5, 0.6) is 0 Å². The summed E-state index contributed by atoms with van der Waals surface area (Å²) >= 11 is 0. The van der Waals surface area contributed by atoms with Gasteiger partial charge in [-0.15, -0.1) is 0 Å². The molecule has 1 saturated heterocycles. The number of nitrogens with zero attached hydrogens (tertiary/aromatic N) is 2. The van der Waals surface area contributed by atoms with Crippen molar-refractivity contribution in [1.82, 2.24) is 4.90 Å². The highest BCUT2D eigenvalue weighted by Crippen LogP contribution is 2.22. The molecule has 1 amide bonds. The minimum absolute atomic E-state index is 0.0262. The maximum atomic E-state index is 13.3. The first-order valence-corrected chi connectivity index (χ1v) is 13.1. The third-order valence-electron chi connectivity index (χ3n) is 6.48. The quantitative estimate of drug-likeness (QED) is 0.301. The maximum absolute atomic E-state index is 13.3. The van der Waals surface area contributed by atoms with Crippen LogP contribution in [0.2, 0.25) is 0 Å². The predicted octanol–water partition coefficient (Wildman–Crippen LogP) is 5.85. The Bertz CT molecular complexity index is 958. The highest BCUT2D eigenvalue weighted by molar-refractivity contribution is 6.00. The molecule has 0 bridgehead atoms. The standard InChI is InChI=1S/C29H40N2O4/c1-4-13-26-15-10-7-5-6-9-14-25(30-34-21-27(32)31-16-11-8-12-17-31)20-24-19-22(2)18-23(3)28(24)29(33)35-26/h7,9-10,14,18-19,26H,4-6,8,11-13,15-17,20-21H2,1-3H3/b10-7+,14-9+,30-25+. The monoisotopic (exact) mass is 480 g/mol. The molecule has 1 atom stereocenters. The van der Waals surface area contributed by atoms with Crippen molar-refractivity contribution in [1.29, 1.82) is 0 Å². The predicted molar refractivity (Wildman–Crippen MR) is 140 cm³/mol. The molecular formula is C29H40N2O4. The number of cyclic esters (lactones) is 1. The number of hydrogen-bond donors (Lipinski definition) is 0. The van der Waals surface area contributed by atoms with Crippen LogP contribution in [0.25, 0.3) is 0 Å². The fourth-order valence-electron chi connectivity index (χ4n) is 4.74. The molecule has 0 radical (unpaired) electrons. The SMILES string of the molecule is CCCC1C/C=C/CC/C=C/C(=N\OCC(=O)N2CCCCC2)Cc2cc(C)cc(C)c2C(=O)O1. The number of amides is 1. The summed E-state index contributed by atoms with van der Waals surface area (Å²) in [5.41, 5.74) is 4.12. The zero-order valence-electron chi connectivity index (χ0n) is 21.6. The van der Waals surface area contributed by atoms with Crippen LogP contribution in [-0.4, -0.2) is 48.3 Å². The Labute approximate surface area is 210 Å². The number of carbonyl (C=O) groups is 2. The molecule has 6 nitrogen and oxygen atoms in total. The van der Waals surface area contributed by atoms with Gasteiger partial charge in [0.15, 0.2) is 6.61 Å². The van der Waals surface area contributed by atoms with E-state index in [1.165, 1.54) is 6.42 Å². The molecule has 2 aliphatic rings. The Morgan fingerprint density at radius 2 is 1.89 bits per heavy atom. The Morgan fingerprint density at radius 3 is 2.66 bits per heavy atom. The van der Waals surface area contributed by atoms with Gasteiger partial charge in [0.25, 0.3) is 5.91 Å². The van der Waals surface area contributed by atoms with Crippen molar-refractivity contribution in [3.8, 4) is 0 Å². The second-order valence-corrected chi connectivity index (χ2v) is 9.59. The summed E-state index contributed by atoms with van der Waals surface area (Å²) in [5, 5.41) is 4.33. The van der Waals surface area contributed by atoms with Crippen molar-refractivity contribution >= 4 is 17.6 Å². The van der Waals surface area contributed by atoms with Gasteiger partial charge in [0.05, 0.1) is 11.3 Å². The first-order valence-electron chi connectivity index (χ1n) is 13.1. The molecule has 1 aromatic carbocycles. The topological polar surface area (TPSA) is 68.2 Å². The largest absolute Gasteiger partial charge is 0.458 e. The Kier molecular flexibility index (Phi) is 10.6. The summed E-state index contributed by atoms with van der Waals surface area (Å²) < 4.78 is 5.97. The van der Waals surface area contributed by atoms with Crippen LogP contribution in [0.4, 0.5) is 0 Å². The highest BCUT2D eigenvalue weighted by atomic mass is 16.6. The first-order chi connectivity index (χ1) is 17.0. The van der Waals surface area contributed by atoms with Gasteiger partial charge in [-0.05, 0) is 69.6 Å². The van der Waals surface area contributed by atoms with Gasteiger partial charge in [0.1, 0.15) is 6.10 Å². The molecule has 0 saturated carbocycles. The van der Waals surface area contributed by atoms with E-state index in [1.807, 2.05) is 37.0 Å². The number of oxime groups is 1. The van der Waals surface area contributed by atoms with Gasteiger partial charge in [-0.2, -0.15) is 0 Å². The molecule has 1 aromatic rings. The van der Waals surface area contributed by atoms with Crippen molar-refractivity contribution in [2.24, 2.45) is 5.16 Å². The average molecular weight is 481 g/mol. The van der Waals surface area contributed by atoms with E-state index in [0.717, 1.165) is 74.7 Å². The second kappa shape index (κ2) is 13.9. The maximum Gasteiger partial charge on any atom is 0.338 e. The molecule has 0 aliphatic carbocycles. The number of fused-ring (bicyclic) bond motifs is 1. The van der Waals surface area contributed by atoms with Crippen molar-refractivity contribution in [3.05, 3.63) is 58.7 Å². The summed E-state index contributed by atoms with van der Waals surface area (Å²) in [6, 6.07) is 4.03. The van der Waals surface area contributed by atoms with Crippen LogP contribution >= 0.6 is 0 Å². The molecule has 190 valence electrons. The molecule has 0 aromatic heterocycles. The van der Waals surface area contributed by atoms with Gasteiger partial charge < -0.3 is 14.5 Å². The number of aryl methyl sites for hydroxylation is 2. The lowest BCUT2D eigenvalue weighted by molar-refractivity contribution is -0.137. The van der Waals surface area contributed by atoms with Gasteiger partial charge in [-0.3, -0.25) is 4.79 Å². The number of piperidine rings is 1. The smallest absolute Gasteiger partial charge is 0.338 e. The normalized spacial score (nSPS) is 22.6. The van der Waals surface area contributed by atoms with E-state index in [-0.39, 0.29) is 24.6 Å². The second-order valence-electron chi connectivity index (χ2n) is 9.59. The van der Waals surface area contributed by atoms with Crippen LogP contribution in [0, 0.1) is 13.8 Å². The van der Waals surface area contributed by atoms with Gasteiger partial charge in [-0.1, -0.05) is 54.4 Å². The Hall–Kier alpha value is -2.89. The third-order valence-corrected chi connectivity index (χ3v) is 6.48. The fraction of sp³-hybridized carbons (Fsp3) is 0.552. The zero-order valence-corrected chi connectivity index (χ0v) is 21.6. The van der Waals surface area contributed by atoms with Gasteiger partial charge in [0.2, 0.25) is 0 Å². The van der Waals surface area contributed by atoms with Gasteiger partial charge >= 0.3 is 5.97 Å². The zero-order chi connectivity index (χ0) is 25.0. The first kappa shape index (κ1) is 26.7. The van der Waals surface area contributed by atoms with E-state index >= 15 is 0 Å². The number of hydrogen-bond acceptors (Lipinski definition) is 5. The molecule has 1 fully saturated rings. The van der Waals surface area contributed by atoms with Gasteiger partial charge in [-0.25, -0.2) is 4.79 Å². The molecule has 0 spiro atoms. The summed E-state index contributed by atoms with van der Waals surface area (Å²) in [4.78, 5) is 33.1. The fourth-order valence-corrected chi connectivity index (χ4v) is 4.74. The summed E-state index contributed by atoms with van der Waals surface area (Å²) in [7, 11) is 0. The van der Waals surface area contributed by atoms with E-state index < -0.39 is 0 Å². The lowest BCUT2D eigenvalue weighted by Gasteiger charge is -2.26. The minimum atomic E-state index is -0.286. The molecule has 1 unspecified atom stereocenters. The van der Waals surface area contributed by atoms with Crippen LogP contribution in [0.3, 0.4) is 0 Å². The molecule has 6 heteroatoms. The van der Waals surface area contributed by atoms with Crippen LogP contribution < -0.4 is 0 Å². The van der Waals surface area contributed by atoms with E-state index in [0.29, 0.717) is 17.7 Å². The molecule has 0 N–H and O–H groups in total. The number of ether oxygens (including phenoxy) is 1. The summed E-state index contributed by atoms with van der Waals surface area (Å²) in [6.07, 6.45) is 16.1. The molecule has 35 heavy (non-hydrogen) atoms. The highest BCUT2D eigenvalue weighted by Gasteiger charge is 2.22. The minimum Gasteiger partial charge on any atom is -0.458 e. The van der Waals surface area contributed by atoms with E-state index in [4.69, 9.17) is 9.57 Å². The number of carbonyl (C=O) groups excluding carboxylic acids is 2. The van der Waals surface area contributed by atoms with E-state index in [1.54, 1.807) is 0 Å². The molecule has 2 aliphatic heterocycles. The summed E-state index contributed by atoms with van der Waals surface area (Å²) in [6.45, 7) is 7.59. The lowest BCUT2D eigenvalue weighted by atomic mass is 9.94. The van der Waals surface area contributed by atoms with E-state index in [9.17, 15) is 9.59 Å².